The van der Waals surface area contributed by atoms with Gasteiger partial charge in [0.25, 0.3) is 0 Å². The largest absolute Gasteiger partial charge is 0.481 e. The van der Waals surface area contributed by atoms with Crippen LogP contribution in [0.15, 0.2) is 22.4 Å². The Labute approximate surface area is 68.7 Å². The molecule has 0 aromatic heterocycles. The number of aliphatic carboxylic acids is 1. The minimum Gasteiger partial charge on any atom is -0.481 e. The maximum atomic E-state index is 10.6. The van der Waals surface area contributed by atoms with E-state index in [2.05, 4.69) is 10.1 Å². The van der Waals surface area contributed by atoms with Gasteiger partial charge in [0, 0.05) is 18.6 Å². The molecule has 2 aliphatic heterocycles. The molecular formula is C7H7N3O2. The molecule has 0 radical (unpaired) electrons. The summed E-state index contributed by atoms with van der Waals surface area (Å²) in [6.07, 6.45) is 6.04. The van der Waals surface area contributed by atoms with Crippen LogP contribution in [0.3, 0.4) is 0 Å². The van der Waals surface area contributed by atoms with Crippen LogP contribution in [0.4, 0.5) is 0 Å². The van der Waals surface area contributed by atoms with Gasteiger partial charge in [0.1, 0.15) is 5.92 Å². The monoisotopic (exact) mass is 165 g/mol. The molecule has 0 saturated carbocycles. The number of allylic oxidation sites excluding steroid dienone is 1. The third-order valence-electron chi connectivity index (χ3n) is 1.80. The average molecular weight is 165 g/mol. The van der Waals surface area contributed by atoms with Crippen LogP contribution in [0.25, 0.3) is 0 Å². The highest BCUT2D eigenvalue weighted by atomic mass is 16.4. The van der Waals surface area contributed by atoms with Crippen LogP contribution in [-0.4, -0.2) is 34.7 Å². The van der Waals surface area contributed by atoms with Crippen molar-refractivity contribution in [3.63, 3.8) is 0 Å². The molecule has 0 saturated heterocycles. The van der Waals surface area contributed by atoms with E-state index in [1.54, 1.807) is 23.5 Å². The van der Waals surface area contributed by atoms with Crippen LogP contribution in [0.1, 0.15) is 0 Å². The second-order valence-electron chi connectivity index (χ2n) is 2.56. The molecule has 0 unspecified atom stereocenters. The number of carbonyl (C=O) groups is 1. The number of carboxylic acids is 1. The highest BCUT2D eigenvalue weighted by Crippen LogP contribution is 2.20. The lowest BCUT2D eigenvalue weighted by Crippen LogP contribution is -2.33. The second kappa shape index (κ2) is 2.44. The van der Waals surface area contributed by atoms with E-state index < -0.39 is 11.9 Å². The van der Waals surface area contributed by atoms with Gasteiger partial charge in [0.15, 0.2) is 6.17 Å². The smallest absolute Gasteiger partial charge is 0.316 e. The van der Waals surface area contributed by atoms with E-state index in [1.807, 2.05) is 0 Å². The fourth-order valence-corrected chi connectivity index (χ4v) is 1.20. The summed E-state index contributed by atoms with van der Waals surface area (Å²) in [6.45, 7) is 0. The number of hydrogen-bond acceptors (Lipinski definition) is 4. The van der Waals surface area contributed by atoms with E-state index in [0.717, 1.165) is 0 Å². The van der Waals surface area contributed by atoms with Crippen LogP contribution in [0, 0.1) is 5.92 Å². The molecule has 0 aliphatic carbocycles. The Morgan fingerprint density at radius 2 is 2.42 bits per heavy atom. The first kappa shape index (κ1) is 7.02. The topological polar surface area (TPSA) is 65.3 Å². The molecule has 2 atom stereocenters. The molecule has 2 rings (SSSR count). The summed E-state index contributed by atoms with van der Waals surface area (Å²) in [5.41, 5.74) is 0. The summed E-state index contributed by atoms with van der Waals surface area (Å²) in [4.78, 5) is 14.6. The van der Waals surface area contributed by atoms with E-state index in [9.17, 15) is 4.79 Å². The highest BCUT2D eigenvalue weighted by Gasteiger charge is 2.35. The first-order valence-electron chi connectivity index (χ1n) is 3.54. The number of aliphatic imine (C=N–C) groups is 1. The lowest BCUT2D eigenvalue weighted by Gasteiger charge is -2.20. The van der Waals surface area contributed by atoms with E-state index in [1.165, 1.54) is 6.21 Å². The van der Waals surface area contributed by atoms with Gasteiger partial charge in [0.05, 0.1) is 0 Å². The van der Waals surface area contributed by atoms with Crippen LogP contribution >= 0.6 is 0 Å². The van der Waals surface area contributed by atoms with Gasteiger partial charge in [-0.1, -0.05) is 0 Å². The summed E-state index contributed by atoms with van der Waals surface area (Å²) < 4.78 is 0. The maximum absolute atomic E-state index is 10.6. The van der Waals surface area contributed by atoms with E-state index in [4.69, 9.17) is 5.11 Å². The van der Waals surface area contributed by atoms with Crippen LogP contribution in [0.5, 0.6) is 0 Å². The molecule has 0 bridgehead atoms. The fourth-order valence-electron chi connectivity index (χ4n) is 1.20. The zero-order valence-corrected chi connectivity index (χ0v) is 6.16. The zero-order chi connectivity index (χ0) is 8.55. The van der Waals surface area contributed by atoms with E-state index in [-0.39, 0.29) is 6.17 Å². The molecule has 0 fully saturated rings. The van der Waals surface area contributed by atoms with Gasteiger partial charge in [-0.3, -0.25) is 9.79 Å². The molecule has 2 heterocycles. The second-order valence-corrected chi connectivity index (χ2v) is 2.56. The van der Waals surface area contributed by atoms with Crippen molar-refractivity contribution in [1.82, 2.24) is 5.01 Å². The zero-order valence-electron chi connectivity index (χ0n) is 6.16. The Balaban J connectivity index is 2.24. The number of fused-ring (bicyclic) bond motifs is 1. The lowest BCUT2D eigenvalue weighted by atomic mass is 10.1. The number of hydrazone groups is 1. The molecule has 5 heteroatoms. The van der Waals surface area contributed by atoms with Crippen molar-refractivity contribution in [1.29, 1.82) is 0 Å². The van der Waals surface area contributed by atoms with Crippen molar-refractivity contribution in [3.05, 3.63) is 12.3 Å². The summed E-state index contributed by atoms with van der Waals surface area (Å²) >= 11 is 0. The van der Waals surface area contributed by atoms with Gasteiger partial charge in [-0.15, -0.1) is 0 Å². The van der Waals surface area contributed by atoms with Gasteiger partial charge in [-0.05, 0) is 6.08 Å². The van der Waals surface area contributed by atoms with Crippen molar-refractivity contribution in [3.8, 4) is 0 Å². The Bertz CT molecular complexity index is 295. The predicted molar refractivity (Wildman–Crippen MR) is 42.9 cm³/mol. The summed E-state index contributed by atoms with van der Waals surface area (Å²) in [5.74, 6) is -1.51. The molecule has 5 nitrogen and oxygen atoms in total. The summed E-state index contributed by atoms with van der Waals surface area (Å²) in [5, 5.41) is 14.2. The van der Waals surface area contributed by atoms with Crippen molar-refractivity contribution < 1.29 is 9.90 Å². The van der Waals surface area contributed by atoms with Crippen molar-refractivity contribution in [2.24, 2.45) is 16.0 Å². The average Bonchev–Trinajstić information content (AvgIpc) is 2.47. The van der Waals surface area contributed by atoms with Crippen LogP contribution in [-0.2, 0) is 4.79 Å². The lowest BCUT2D eigenvalue weighted by molar-refractivity contribution is -0.140. The maximum Gasteiger partial charge on any atom is 0.316 e. The first-order chi connectivity index (χ1) is 5.79. The standard InChI is InChI=1S/C7H7N3O2/c11-7(12)5-4-9-10-3-1-2-8-6(5)10/h1-6H,(H,11,12)/t5-,6-/m0/s1. The predicted octanol–water partition coefficient (Wildman–Crippen LogP) is -0.0872. The number of nitrogens with zero attached hydrogens (tertiary/aromatic N) is 3. The van der Waals surface area contributed by atoms with Crippen molar-refractivity contribution in [2.45, 2.75) is 6.17 Å². The number of hydrogen-bond donors (Lipinski definition) is 1. The highest BCUT2D eigenvalue weighted by molar-refractivity contribution is 5.91. The Morgan fingerprint density at radius 3 is 3.17 bits per heavy atom. The van der Waals surface area contributed by atoms with E-state index in [0.29, 0.717) is 0 Å². The van der Waals surface area contributed by atoms with E-state index >= 15 is 0 Å². The summed E-state index contributed by atoms with van der Waals surface area (Å²) in [6, 6.07) is 0. The fraction of sp³-hybridized carbons (Fsp3) is 0.286. The Hall–Kier alpha value is -1.65. The minimum absolute atomic E-state index is 0.382. The molecule has 0 aromatic rings. The molecule has 0 amide bonds. The number of rotatable bonds is 1. The quantitative estimate of drug-likeness (QED) is 0.590. The molecule has 1 N–H and O–H groups in total. The number of carboxylic acid groups (broad SMARTS) is 1. The van der Waals surface area contributed by atoms with Gasteiger partial charge < -0.3 is 5.11 Å². The molecule has 2 aliphatic rings. The normalized spacial score (nSPS) is 30.8. The Morgan fingerprint density at radius 1 is 1.58 bits per heavy atom. The van der Waals surface area contributed by atoms with Crippen LogP contribution in [0.2, 0.25) is 0 Å². The van der Waals surface area contributed by atoms with Gasteiger partial charge >= 0.3 is 5.97 Å². The summed E-state index contributed by atoms with van der Waals surface area (Å²) in [7, 11) is 0. The first-order valence-corrected chi connectivity index (χ1v) is 3.54. The molecule has 0 spiro atoms. The van der Waals surface area contributed by atoms with Crippen LogP contribution < -0.4 is 0 Å². The van der Waals surface area contributed by atoms with Gasteiger partial charge in [0.2, 0.25) is 0 Å². The SMILES string of the molecule is O=C(O)[C@H]1C=NN2C=CC=N[C@H]12. The molecule has 62 valence electrons. The van der Waals surface area contributed by atoms with Gasteiger partial charge in [-0.2, -0.15) is 5.10 Å². The Kier molecular flexibility index (Phi) is 1.43. The third-order valence-corrected chi connectivity index (χ3v) is 1.80. The van der Waals surface area contributed by atoms with Gasteiger partial charge in [-0.25, -0.2) is 5.01 Å². The third kappa shape index (κ3) is 0.903. The molecular weight excluding hydrogens is 158 g/mol. The minimum atomic E-state index is -0.890. The van der Waals surface area contributed by atoms with Crippen molar-refractivity contribution >= 4 is 18.4 Å². The van der Waals surface area contributed by atoms with Crippen molar-refractivity contribution in [2.75, 3.05) is 0 Å². The molecule has 12 heavy (non-hydrogen) atoms. The molecule has 0 aromatic carbocycles.